The molecule has 0 radical (unpaired) electrons. The van der Waals surface area contributed by atoms with Crippen LogP contribution in [0.15, 0.2) is 47.6 Å². The fourth-order valence-corrected chi connectivity index (χ4v) is 4.34. The number of halogens is 1. The van der Waals surface area contributed by atoms with E-state index in [9.17, 15) is 19.5 Å². The average molecular weight is 545 g/mol. The van der Waals surface area contributed by atoms with E-state index >= 15 is 0 Å². The lowest BCUT2D eigenvalue weighted by Gasteiger charge is -2.26. The third kappa shape index (κ3) is 7.38. The standard InChI is InChI=1S/C27H33ClN4O6/c1-4-11-38-31-24-16-32(27(36)30-22(5-2)17-7-6-8-18(12-17)26(34)35)25(33)20(15-29-24)13-19-14-21(28)9-10-23(19)37-3/h6-10,12,14,20,22H,4-5,11,13,15-16H2,1-3H3,(H,29,31)(H,30,36)(H,34,35)/t20-,22-/m1/s1. The number of nitrogens with one attached hydrogen (secondary N) is 2. The molecule has 1 saturated heterocycles. The number of ether oxygens (including phenoxy) is 1. The van der Waals surface area contributed by atoms with Crippen molar-refractivity contribution < 1.29 is 29.1 Å². The summed E-state index contributed by atoms with van der Waals surface area (Å²) in [5.74, 6) is -1.14. The van der Waals surface area contributed by atoms with Crippen LogP contribution in [0.25, 0.3) is 0 Å². The molecule has 1 heterocycles. The molecule has 1 fully saturated rings. The summed E-state index contributed by atoms with van der Waals surface area (Å²) in [6.07, 6.45) is 1.52. The number of rotatable bonds is 10. The third-order valence-electron chi connectivity index (χ3n) is 6.14. The van der Waals surface area contributed by atoms with Crippen molar-refractivity contribution in [2.45, 2.75) is 39.2 Å². The lowest BCUT2D eigenvalue weighted by atomic mass is 9.97. The smallest absolute Gasteiger partial charge is 0.335 e. The lowest BCUT2D eigenvalue weighted by molar-refractivity contribution is -0.131. The zero-order valence-electron chi connectivity index (χ0n) is 21.7. The molecule has 38 heavy (non-hydrogen) atoms. The number of amidine groups is 1. The van der Waals surface area contributed by atoms with Crippen molar-refractivity contribution >= 4 is 35.3 Å². The predicted molar refractivity (Wildman–Crippen MR) is 144 cm³/mol. The van der Waals surface area contributed by atoms with Crippen LogP contribution < -0.4 is 15.4 Å². The molecule has 2 aromatic carbocycles. The van der Waals surface area contributed by atoms with Crippen LogP contribution in [0.3, 0.4) is 0 Å². The van der Waals surface area contributed by atoms with Crippen LogP contribution in [0.5, 0.6) is 5.75 Å². The maximum absolute atomic E-state index is 13.7. The normalized spacial score (nSPS) is 17.4. The molecular formula is C27H33ClN4O6. The van der Waals surface area contributed by atoms with E-state index in [0.717, 1.165) is 16.9 Å². The molecule has 3 N–H and O–H groups in total. The number of carbonyl (C=O) groups is 3. The number of imide groups is 1. The predicted octanol–water partition coefficient (Wildman–Crippen LogP) is 4.24. The minimum Gasteiger partial charge on any atom is -0.496 e. The van der Waals surface area contributed by atoms with Crippen molar-refractivity contribution in [3.63, 3.8) is 0 Å². The highest BCUT2D eigenvalue weighted by Gasteiger charge is 2.35. The van der Waals surface area contributed by atoms with Gasteiger partial charge >= 0.3 is 12.0 Å². The van der Waals surface area contributed by atoms with E-state index < -0.39 is 29.9 Å². The van der Waals surface area contributed by atoms with Crippen LogP contribution in [0.2, 0.25) is 5.02 Å². The summed E-state index contributed by atoms with van der Waals surface area (Å²) in [5.41, 5.74) is 1.48. The van der Waals surface area contributed by atoms with E-state index in [1.54, 1.807) is 37.4 Å². The summed E-state index contributed by atoms with van der Waals surface area (Å²) in [7, 11) is 1.54. The van der Waals surface area contributed by atoms with Crippen LogP contribution in [0, 0.1) is 5.92 Å². The molecule has 1 aliphatic heterocycles. The first-order valence-electron chi connectivity index (χ1n) is 12.5. The summed E-state index contributed by atoms with van der Waals surface area (Å²) in [6, 6.07) is 10.4. The van der Waals surface area contributed by atoms with Gasteiger partial charge in [0.15, 0.2) is 5.84 Å². The average Bonchev–Trinajstić information content (AvgIpc) is 3.06. The number of carbonyl (C=O) groups excluding carboxylic acids is 2. The Hall–Kier alpha value is -3.79. The second-order valence-electron chi connectivity index (χ2n) is 8.87. The van der Waals surface area contributed by atoms with E-state index in [0.29, 0.717) is 35.2 Å². The van der Waals surface area contributed by atoms with Crippen molar-refractivity contribution in [3.05, 3.63) is 64.2 Å². The first kappa shape index (κ1) is 28.8. The Morgan fingerprint density at radius 1 is 1.26 bits per heavy atom. The molecule has 0 unspecified atom stereocenters. The Labute approximate surface area is 226 Å². The Bertz CT molecular complexity index is 1190. The van der Waals surface area contributed by atoms with Gasteiger partial charge in [-0.3, -0.25) is 9.69 Å². The van der Waals surface area contributed by atoms with Gasteiger partial charge in [-0.25, -0.2) is 9.59 Å². The SMILES string of the molecule is CCCO/N=C1\CN(C(=O)N[C@H](CC)c2cccc(C(=O)O)c2)C(=O)[C@H](Cc2cc(Cl)ccc2OC)CN1. The summed E-state index contributed by atoms with van der Waals surface area (Å²) < 4.78 is 5.44. The highest BCUT2D eigenvalue weighted by Crippen LogP contribution is 2.27. The summed E-state index contributed by atoms with van der Waals surface area (Å²) >= 11 is 6.19. The summed E-state index contributed by atoms with van der Waals surface area (Å²) in [5, 5.41) is 20.0. The van der Waals surface area contributed by atoms with Gasteiger partial charge in [0.25, 0.3) is 0 Å². The number of nitrogens with zero attached hydrogens (tertiary/aromatic N) is 2. The zero-order chi connectivity index (χ0) is 27.7. The highest BCUT2D eigenvalue weighted by atomic mass is 35.5. The lowest BCUT2D eigenvalue weighted by Crippen LogP contribution is -2.48. The monoisotopic (exact) mass is 544 g/mol. The van der Waals surface area contributed by atoms with Crippen LogP contribution in [-0.4, -0.2) is 60.6 Å². The minimum absolute atomic E-state index is 0.108. The van der Waals surface area contributed by atoms with Crippen molar-refractivity contribution in [1.82, 2.24) is 15.5 Å². The first-order chi connectivity index (χ1) is 18.3. The van der Waals surface area contributed by atoms with E-state index in [2.05, 4.69) is 15.8 Å². The number of hydrogen-bond donors (Lipinski definition) is 3. The molecule has 0 aromatic heterocycles. The molecule has 2 aromatic rings. The Balaban J connectivity index is 1.88. The number of amides is 3. The topological polar surface area (TPSA) is 130 Å². The number of oxime groups is 1. The van der Waals surface area contributed by atoms with E-state index in [1.165, 1.54) is 12.1 Å². The van der Waals surface area contributed by atoms with E-state index in [4.69, 9.17) is 21.2 Å². The molecule has 3 rings (SSSR count). The van der Waals surface area contributed by atoms with Crippen LogP contribution in [0.1, 0.15) is 54.2 Å². The van der Waals surface area contributed by atoms with Gasteiger partial charge in [0.05, 0.1) is 31.2 Å². The maximum atomic E-state index is 13.7. The van der Waals surface area contributed by atoms with Gasteiger partial charge in [0.2, 0.25) is 5.91 Å². The largest absolute Gasteiger partial charge is 0.496 e. The molecular weight excluding hydrogens is 512 g/mol. The molecule has 1 aliphatic rings. The van der Waals surface area contributed by atoms with Crippen LogP contribution in [-0.2, 0) is 16.1 Å². The second kappa shape index (κ2) is 13.7. The minimum atomic E-state index is -1.06. The van der Waals surface area contributed by atoms with Crippen molar-refractivity contribution in [2.24, 2.45) is 11.1 Å². The molecule has 204 valence electrons. The quantitative estimate of drug-likeness (QED) is 0.301. The van der Waals surface area contributed by atoms with Gasteiger partial charge in [0, 0.05) is 11.6 Å². The summed E-state index contributed by atoms with van der Waals surface area (Å²) in [6.45, 7) is 4.33. The molecule has 0 saturated carbocycles. The van der Waals surface area contributed by atoms with Gasteiger partial charge in [-0.05, 0) is 60.7 Å². The van der Waals surface area contributed by atoms with Crippen molar-refractivity contribution in [1.29, 1.82) is 0 Å². The van der Waals surface area contributed by atoms with Crippen molar-refractivity contribution in [2.75, 3.05) is 26.8 Å². The van der Waals surface area contributed by atoms with E-state index in [-0.39, 0.29) is 25.1 Å². The van der Waals surface area contributed by atoms with Crippen molar-refractivity contribution in [3.8, 4) is 5.75 Å². The molecule has 3 amide bonds. The summed E-state index contributed by atoms with van der Waals surface area (Å²) in [4.78, 5) is 45.0. The Morgan fingerprint density at radius 3 is 2.74 bits per heavy atom. The molecule has 0 bridgehead atoms. The zero-order valence-corrected chi connectivity index (χ0v) is 22.5. The molecule has 0 aliphatic carbocycles. The fourth-order valence-electron chi connectivity index (χ4n) is 4.15. The van der Waals surface area contributed by atoms with Gasteiger partial charge in [-0.2, -0.15) is 0 Å². The van der Waals surface area contributed by atoms with Gasteiger partial charge < -0.3 is 25.3 Å². The van der Waals surface area contributed by atoms with Gasteiger partial charge in [0.1, 0.15) is 12.4 Å². The third-order valence-corrected chi connectivity index (χ3v) is 6.38. The number of aromatic carboxylic acids is 1. The second-order valence-corrected chi connectivity index (χ2v) is 9.31. The highest BCUT2D eigenvalue weighted by molar-refractivity contribution is 6.30. The number of hydrogen-bond acceptors (Lipinski definition) is 6. The van der Waals surface area contributed by atoms with Gasteiger partial charge in [-0.1, -0.05) is 42.7 Å². The first-order valence-corrected chi connectivity index (χ1v) is 12.8. The Morgan fingerprint density at radius 2 is 2.05 bits per heavy atom. The van der Waals surface area contributed by atoms with Gasteiger partial charge in [-0.15, -0.1) is 0 Å². The Kier molecular flexibility index (Phi) is 10.3. The number of methoxy groups -OCH3 is 1. The molecule has 11 heteroatoms. The number of benzene rings is 2. The fraction of sp³-hybridized carbons (Fsp3) is 0.407. The molecule has 10 nitrogen and oxygen atoms in total. The number of carboxylic acid groups (broad SMARTS) is 1. The molecule has 0 spiro atoms. The number of urea groups is 1. The van der Waals surface area contributed by atoms with Crippen LogP contribution in [0.4, 0.5) is 4.79 Å². The maximum Gasteiger partial charge on any atom is 0.335 e. The van der Waals surface area contributed by atoms with Crippen LogP contribution >= 0.6 is 11.6 Å². The van der Waals surface area contributed by atoms with E-state index in [1.807, 2.05) is 13.8 Å². The number of carboxylic acids is 1. The molecule has 2 atom stereocenters.